The van der Waals surface area contributed by atoms with Gasteiger partial charge in [-0.3, -0.25) is 4.79 Å². The summed E-state index contributed by atoms with van der Waals surface area (Å²) >= 11 is 0. The van der Waals surface area contributed by atoms with Gasteiger partial charge in [-0.15, -0.1) is 0 Å². The number of carbonyl (C=O) groups excluding carboxylic acids is 1. The van der Waals surface area contributed by atoms with Crippen LogP contribution < -0.4 is 0 Å². The van der Waals surface area contributed by atoms with Gasteiger partial charge in [-0.1, -0.05) is 30.7 Å². The van der Waals surface area contributed by atoms with Crippen LogP contribution in [0.3, 0.4) is 0 Å². The van der Waals surface area contributed by atoms with Crippen molar-refractivity contribution >= 4 is 5.91 Å². The lowest BCUT2D eigenvalue weighted by molar-refractivity contribution is -0.128. The third kappa shape index (κ3) is 3.31. The lowest BCUT2D eigenvalue weighted by Gasteiger charge is -2.46. The fraction of sp³-hybridized carbons (Fsp3) is 0.696. The van der Waals surface area contributed by atoms with Gasteiger partial charge in [0.2, 0.25) is 5.91 Å². The smallest absolute Gasteiger partial charge is 0.226 e. The van der Waals surface area contributed by atoms with Crippen molar-refractivity contribution in [3.8, 4) is 0 Å². The van der Waals surface area contributed by atoms with Crippen LogP contribution in [0.1, 0.15) is 70.6 Å². The van der Waals surface area contributed by atoms with Crippen LogP contribution in [0, 0.1) is 5.41 Å². The van der Waals surface area contributed by atoms with Crippen LogP contribution in [0.4, 0.5) is 0 Å². The Morgan fingerprint density at radius 1 is 1.12 bits per heavy atom. The van der Waals surface area contributed by atoms with E-state index in [0.717, 1.165) is 19.3 Å². The topological polar surface area (TPSA) is 23.6 Å². The summed E-state index contributed by atoms with van der Waals surface area (Å²) in [6.45, 7) is 6.66. The Hall–Kier alpha value is -1.35. The van der Waals surface area contributed by atoms with Crippen LogP contribution in [-0.4, -0.2) is 41.9 Å². The third-order valence-electron chi connectivity index (χ3n) is 7.42. The molecule has 1 atom stereocenters. The Bertz CT molecular complexity index is 637. The molecule has 1 amide bonds. The number of carbonyl (C=O) groups is 1. The lowest BCUT2D eigenvalue weighted by atomic mass is 9.67. The van der Waals surface area contributed by atoms with Crippen molar-refractivity contribution in [2.45, 2.75) is 76.7 Å². The maximum Gasteiger partial charge on any atom is 0.226 e. The first-order valence-electron chi connectivity index (χ1n) is 10.7. The number of allylic oxidation sites excluding steroid dienone is 4. The quantitative estimate of drug-likeness (QED) is 0.498. The maximum atomic E-state index is 12.5. The standard InChI is InChI=1S/C23H34N2O/c1-18-7-3-4-8-19(17-18)25-15-13-23(14-16-25)12-11-22(26)24(2)21-10-6-5-9-20(21)23/h5,9,19H,1,3-4,6-8,10-17H2,2H3. The second kappa shape index (κ2) is 7.34. The Kier molecular flexibility index (Phi) is 5.09. The number of nitrogens with zero attached hydrogens (tertiary/aromatic N) is 2. The van der Waals surface area contributed by atoms with Gasteiger partial charge in [-0.25, -0.2) is 0 Å². The molecule has 1 saturated heterocycles. The first kappa shape index (κ1) is 18.0. The minimum atomic E-state index is 0.227. The molecular formula is C23H34N2O. The number of amides is 1. The first-order chi connectivity index (χ1) is 12.6. The monoisotopic (exact) mass is 354 g/mol. The van der Waals surface area contributed by atoms with E-state index >= 15 is 0 Å². The molecule has 3 nitrogen and oxygen atoms in total. The predicted octanol–water partition coefficient (Wildman–Crippen LogP) is 4.81. The van der Waals surface area contributed by atoms with E-state index in [0.29, 0.717) is 18.4 Å². The number of piperidine rings is 1. The molecule has 1 unspecified atom stereocenters. The van der Waals surface area contributed by atoms with Gasteiger partial charge < -0.3 is 9.80 Å². The minimum Gasteiger partial charge on any atom is -0.319 e. The molecule has 2 aliphatic carbocycles. The Morgan fingerprint density at radius 2 is 1.92 bits per heavy atom. The molecule has 1 saturated carbocycles. The van der Waals surface area contributed by atoms with Crippen LogP contribution in [0.5, 0.6) is 0 Å². The van der Waals surface area contributed by atoms with Crippen molar-refractivity contribution < 1.29 is 4.79 Å². The van der Waals surface area contributed by atoms with Gasteiger partial charge in [-0.2, -0.15) is 0 Å². The summed E-state index contributed by atoms with van der Waals surface area (Å²) in [5, 5.41) is 0. The van der Waals surface area contributed by atoms with Gasteiger partial charge in [0, 0.05) is 25.2 Å². The van der Waals surface area contributed by atoms with Gasteiger partial charge in [0.15, 0.2) is 0 Å². The molecular weight excluding hydrogens is 320 g/mol. The van der Waals surface area contributed by atoms with Crippen molar-refractivity contribution in [2.24, 2.45) is 5.41 Å². The summed E-state index contributed by atoms with van der Waals surface area (Å²) < 4.78 is 0. The molecule has 0 aromatic heterocycles. The molecule has 0 bridgehead atoms. The number of likely N-dealkylation sites (tertiary alicyclic amines) is 1. The van der Waals surface area contributed by atoms with Gasteiger partial charge in [0.1, 0.15) is 0 Å². The van der Waals surface area contributed by atoms with Crippen LogP contribution >= 0.6 is 0 Å². The van der Waals surface area contributed by atoms with Gasteiger partial charge in [0.05, 0.1) is 0 Å². The molecule has 26 heavy (non-hydrogen) atoms. The molecule has 0 N–H and O–H groups in total. The number of hydrogen-bond acceptors (Lipinski definition) is 2. The van der Waals surface area contributed by atoms with Crippen molar-refractivity contribution in [3.63, 3.8) is 0 Å². The summed E-state index contributed by atoms with van der Waals surface area (Å²) in [6, 6.07) is 0.702. The molecule has 0 aromatic rings. The van der Waals surface area contributed by atoms with Crippen LogP contribution in [0.15, 0.2) is 35.6 Å². The zero-order valence-corrected chi connectivity index (χ0v) is 16.4. The second-order valence-electron chi connectivity index (χ2n) is 8.92. The number of rotatable bonds is 1. The highest BCUT2D eigenvalue weighted by molar-refractivity contribution is 5.79. The third-order valence-corrected chi connectivity index (χ3v) is 7.42. The second-order valence-corrected chi connectivity index (χ2v) is 8.92. The first-order valence-corrected chi connectivity index (χ1v) is 10.7. The SMILES string of the molecule is C=C1CCCCC(N2CCC3(CCC(=O)N(C)C4=C3C=CCC4)CC2)C1. The van der Waals surface area contributed by atoms with Gasteiger partial charge >= 0.3 is 0 Å². The Morgan fingerprint density at radius 3 is 2.73 bits per heavy atom. The fourth-order valence-electron chi connectivity index (χ4n) is 5.72. The average molecular weight is 355 g/mol. The van der Waals surface area contributed by atoms with E-state index in [4.69, 9.17) is 0 Å². The molecule has 2 fully saturated rings. The highest BCUT2D eigenvalue weighted by Gasteiger charge is 2.43. The number of hydrogen-bond donors (Lipinski definition) is 0. The molecule has 1 spiro atoms. The molecule has 4 aliphatic rings. The molecule has 4 rings (SSSR count). The summed E-state index contributed by atoms with van der Waals surface area (Å²) in [6.07, 6.45) is 17.4. The molecule has 142 valence electrons. The van der Waals surface area contributed by atoms with E-state index in [-0.39, 0.29) is 5.41 Å². The highest BCUT2D eigenvalue weighted by Crippen LogP contribution is 2.49. The average Bonchev–Trinajstić information content (AvgIpc) is 2.94. The lowest BCUT2D eigenvalue weighted by Crippen LogP contribution is -2.46. The van der Waals surface area contributed by atoms with Crippen molar-refractivity contribution in [1.82, 2.24) is 9.80 Å². The van der Waals surface area contributed by atoms with E-state index in [1.807, 2.05) is 11.9 Å². The van der Waals surface area contributed by atoms with E-state index in [2.05, 4.69) is 23.6 Å². The van der Waals surface area contributed by atoms with E-state index in [1.165, 1.54) is 74.9 Å². The Labute approximate surface area is 158 Å². The zero-order valence-electron chi connectivity index (χ0n) is 16.4. The fourth-order valence-corrected chi connectivity index (χ4v) is 5.72. The molecule has 2 heterocycles. The Balaban J connectivity index is 1.53. The molecule has 2 aliphatic heterocycles. The largest absolute Gasteiger partial charge is 0.319 e. The van der Waals surface area contributed by atoms with E-state index in [9.17, 15) is 4.79 Å². The maximum absolute atomic E-state index is 12.5. The summed E-state index contributed by atoms with van der Waals surface area (Å²) in [5.74, 6) is 0.312. The van der Waals surface area contributed by atoms with Crippen LogP contribution in [0.25, 0.3) is 0 Å². The van der Waals surface area contributed by atoms with Crippen LogP contribution in [0.2, 0.25) is 0 Å². The van der Waals surface area contributed by atoms with Crippen molar-refractivity contribution in [3.05, 3.63) is 35.6 Å². The van der Waals surface area contributed by atoms with E-state index < -0.39 is 0 Å². The zero-order chi connectivity index (χ0) is 18.1. The summed E-state index contributed by atoms with van der Waals surface area (Å²) in [5.41, 5.74) is 4.48. The van der Waals surface area contributed by atoms with Crippen molar-refractivity contribution in [2.75, 3.05) is 20.1 Å². The number of fused-ring (bicyclic) bond motifs is 1. The van der Waals surface area contributed by atoms with Crippen LogP contribution in [-0.2, 0) is 4.79 Å². The molecule has 3 heteroatoms. The molecule has 0 aromatic carbocycles. The van der Waals surface area contributed by atoms with Gasteiger partial charge in [0.25, 0.3) is 0 Å². The van der Waals surface area contributed by atoms with Gasteiger partial charge in [-0.05, 0) is 81.9 Å². The highest BCUT2D eigenvalue weighted by atomic mass is 16.2. The van der Waals surface area contributed by atoms with E-state index in [1.54, 1.807) is 0 Å². The summed E-state index contributed by atoms with van der Waals surface area (Å²) in [4.78, 5) is 17.2. The summed E-state index contributed by atoms with van der Waals surface area (Å²) in [7, 11) is 1.99. The predicted molar refractivity (Wildman–Crippen MR) is 107 cm³/mol. The minimum absolute atomic E-state index is 0.227. The molecule has 0 radical (unpaired) electrons. The normalized spacial score (nSPS) is 30.3. The van der Waals surface area contributed by atoms with Crippen molar-refractivity contribution in [1.29, 1.82) is 0 Å².